The van der Waals surface area contributed by atoms with Crippen molar-refractivity contribution in [3.63, 3.8) is 0 Å². The van der Waals surface area contributed by atoms with Gasteiger partial charge in [-0.1, -0.05) is 30.5 Å². The van der Waals surface area contributed by atoms with Gasteiger partial charge < -0.3 is 10.4 Å². The molecule has 1 unspecified atom stereocenters. The molecule has 1 aromatic carbocycles. The Balaban J connectivity index is 1.78. The quantitative estimate of drug-likeness (QED) is 0.635. The second kappa shape index (κ2) is 7.81. The summed E-state index contributed by atoms with van der Waals surface area (Å²) in [4.78, 5) is 12.9. The number of aryl methyl sites for hydroxylation is 2. The number of carbonyl (C=O) groups is 1. The van der Waals surface area contributed by atoms with Gasteiger partial charge in [-0.3, -0.25) is 0 Å². The topological polar surface area (TPSA) is 78.8 Å². The minimum absolute atomic E-state index is 0.415. The fraction of sp³-hybridized carbons (Fsp3) is 0.450. The molecule has 1 aromatic rings. The van der Waals surface area contributed by atoms with Crippen LogP contribution < -0.4 is 5.32 Å². The third-order valence-corrected chi connectivity index (χ3v) is 7.94. The van der Waals surface area contributed by atoms with Gasteiger partial charge in [-0.25, -0.2) is 9.00 Å². The van der Waals surface area contributed by atoms with Crippen molar-refractivity contribution in [2.75, 3.05) is 5.32 Å². The summed E-state index contributed by atoms with van der Waals surface area (Å²) < 4.78 is 16.8. The van der Waals surface area contributed by atoms with E-state index in [1.54, 1.807) is 26.8 Å². The summed E-state index contributed by atoms with van der Waals surface area (Å²) in [6.07, 6.45) is 6.77. The number of benzene rings is 1. The van der Waals surface area contributed by atoms with Crippen molar-refractivity contribution in [3.8, 4) is 0 Å². The molecule has 3 rings (SSSR count). The molecule has 0 spiro atoms. The number of fused-ring (bicyclic) bond motifs is 2. The van der Waals surface area contributed by atoms with Gasteiger partial charge in [-0.2, -0.15) is 0 Å². The number of carbonyl (C=O) groups excluding carboxylic acids is 1. The number of urea groups is 1. The third kappa shape index (κ3) is 4.31. The molecule has 2 aliphatic carbocycles. The second-order valence-electron chi connectivity index (χ2n) is 7.39. The lowest BCUT2D eigenvalue weighted by atomic mass is 9.83. The largest absolute Gasteiger partial charge is 0.385 e. The molecule has 0 fully saturated rings. The van der Waals surface area contributed by atoms with Crippen LogP contribution in [-0.2, 0) is 36.3 Å². The predicted molar refractivity (Wildman–Crippen MR) is 114 cm³/mol. The Kier molecular flexibility index (Phi) is 5.84. The molecule has 0 radical (unpaired) electrons. The summed E-state index contributed by atoms with van der Waals surface area (Å²) in [5, 5.41) is 12.9. The maximum Gasteiger partial charge on any atom is 0.353 e. The Morgan fingerprint density at radius 2 is 1.96 bits per heavy atom. The number of hydrogen-bond acceptors (Lipinski definition) is 4. The number of anilines is 1. The molecule has 0 aliphatic heterocycles. The van der Waals surface area contributed by atoms with Gasteiger partial charge in [-0.15, -0.1) is 4.36 Å². The van der Waals surface area contributed by atoms with Crippen LogP contribution in [0, 0.1) is 0 Å². The zero-order chi connectivity index (χ0) is 19.8. The van der Waals surface area contributed by atoms with Crippen LogP contribution in [0.15, 0.2) is 32.2 Å². The van der Waals surface area contributed by atoms with Crippen LogP contribution in [0.1, 0.15) is 49.4 Å². The van der Waals surface area contributed by atoms with Gasteiger partial charge >= 0.3 is 6.03 Å². The Morgan fingerprint density at radius 1 is 1.30 bits per heavy atom. The second-order valence-corrected chi connectivity index (χ2v) is 10.1. The van der Waals surface area contributed by atoms with Gasteiger partial charge in [0, 0.05) is 10.6 Å². The molecular formula is C20H26N2O3S2. The lowest BCUT2D eigenvalue weighted by Gasteiger charge is -2.25. The highest BCUT2D eigenvalue weighted by atomic mass is 32.2. The predicted octanol–water partition coefficient (Wildman–Crippen LogP) is 4.35. The van der Waals surface area contributed by atoms with Crippen molar-refractivity contribution in [1.82, 2.24) is 0 Å². The summed E-state index contributed by atoms with van der Waals surface area (Å²) in [5.41, 5.74) is 4.82. The molecule has 1 atom stereocenters. The Hall–Kier alpha value is -1.57. The van der Waals surface area contributed by atoms with E-state index in [0.29, 0.717) is 9.14 Å². The van der Waals surface area contributed by atoms with Crippen molar-refractivity contribution in [2.45, 2.75) is 58.5 Å². The van der Waals surface area contributed by atoms with Crippen LogP contribution >= 0.6 is 11.8 Å². The Morgan fingerprint density at radius 3 is 2.56 bits per heavy atom. The molecule has 0 heterocycles. The zero-order valence-corrected chi connectivity index (χ0v) is 17.7. The van der Waals surface area contributed by atoms with E-state index in [1.165, 1.54) is 22.3 Å². The van der Waals surface area contributed by atoms with E-state index in [9.17, 15) is 14.1 Å². The minimum Gasteiger partial charge on any atom is -0.385 e. The zero-order valence-electron chi connectivity index (χ0n) is 16.0. The summed E-state index contributed by atoms with van der Waals surface area (Å²) in [7, 11) is -2.25. The van der Waals surface area contributed by atoms with Crippen LogP contribution in [0.5, 0.6) is 0 Å². The van der Waals surface area contributed by atoms with Crippen LogP contribution in [0.2, 0.25) is 0 Å². The van der Waals surface area contributed by atoms with Crippen molar-refractivity contribution < 1.29 is 14.1 Å². The van der Waals surface area contributed by atoms with Gasteiger partial charge in [0.05, 0.1) is 20.4 Å². The number of aliphatic hydroxyl groups is 1. The molecule has 7 heteroatoms. The fourth-order valence-electron chi connectivity index (χ4n) is 3.32. The number of nitrogens with one attached hydrogen (secondary N) is 1. The normalized spacial score (nSPS) is 17.1. The molecule has 2 aliphatic rings. The number of hydrogen-bond donors (Lipinski definition) is 3. The summed E-state index contributed by atoms with van der Waals surface area (Å²) in [5.74, 6) is 0. The number of thioether (sulfide) groups is 1. The van der Waals surface area contributed by atoms with Crippen molar-refractivity contribution >= 4 is 34.1 Å². The Labute approximate surface area is 166 Å². The molecule has 0 saturated heterocycles. The SMILES string of the molecule is C=C(S/C(=C\C)[SH](=O)=NC(=O)Nc1c2c(cc3c1CC3)CCC2)C(C)(C)O. The highest BCUT2D eigenvalue weighted by Gasteiger charge is 2.26. The molecule has 0 aromatic heterocycles. The molecule has 0 saturated carbocycles. The van der Waals surface area contributed by atoms with E-state index in [1.807, 2.05) is 0 Å². The number of allylic oxidation sites excluding steroid dienone is 1. The fourth-order valence-corrected chi connectivity index (χ4v) is 5.24. The molecular weight excluding hydrogens is 380 g/mol. The Bertz CT molecular complexity index is 920. The lowest BCUT2D eigenvalue weighted by molar-refractivity contribution is 0.129. The summed E-state index contributed by atoms with van der Waals surface area (Å²) in [6, 6.07) is 1.69. The van der Waals surface area contributed by atoms with Crippen LogP contribution in [0.4, 0.5) is 10.5 Å². The first-order chi connectivity index (χ1) is 12.7. The van der Waals surface area contributed by atoms with Crippen LogP contribution in [-0.4, -0.2) is 20.9 Å². The minimum atomic E-state index is -2.25. The average Bonchev–Trinajstić information content (AvgIpc) is 3.02. The smallest absolute Gasteiger partial charge is 0.353 e. The van der Waals surface area contributed by atoms with E-state index >= 15 is 0 Å². The highest BCUT2D eigenvalue weighted by Crippen LogP contribution is 2.39. The van der Waals surface area contributed by atoms with Crippen molar-refractivity contribution in [3.05, 3.63) is 50.1 Å². The van der Waals surface area contributed by atoms with Gasteiger partial charge in [0.1, 0.15) is 0 Å². The average molecular weight is 407 g/mol. The lowest BCUT2D eigenvalue weighted by Crippen LogP contribution is -2.19. The molecule has 2 amide bonds. The van der Waals surface area contributed by atoms with Crippen molar-refractivity contribution in [1.29, 1.82) is 0 Å². The van der Waals surface area contributed by atoms with Gasteiger partial charge in [0.25, 0.3) is 0 Å². The number of nitrogens with zero attached hydrogens (tertiary/aromatic N) is 1. The number of rotatable bonds is 5. The molecule has 5 nitrogen and oxygen atoms in total. The van der Waals surface area contributed by atoms with E-state index < -0.39 is 22.2 Å². The third-order valence-electron chi connectivity index (χ3n) is 5.00. The van der Waals surface area contributed by atoms with Gasteiger partial charge in [0.15, 0.2) is 0 Å². The maximum atomic E-state index is 12.5. The summed E-state index contributed by atoms with van der Waals surface area (Å²) in [6.45, 7) is 8.76. The first-order valence-electron chi connectivity index (χ1n) is 9.13. The molecule has 0 bridgehead atoms. The van der Waals surface area contributed by atoms with E-state index in [2.05, 4.69) is 22.3 Å². The number of thiol groups is 1. The number of amides is 2. The first-order valence-corrected chi connectivity index (χ1v) is 11.2. The highest BCUT2D eigenvalue weighted by molar-refractivity contribution is 8.16. The first kappa shape index (κ1) is 20.2. The van der Waals surface area contributed by atoms with Crippen molar-refractivity contribution in [2.24, 2.45) is 4.36 Å². The van der Waals surface area contributed by atoms with Gasteiger partial charge in [-0.05, 0) is 75.1 Å². The molecule has 2 N–H and O–H groups in total. The summed E-state index contributed by atoms with van der Waals surface area (Å²) >= 11 is 1.10. The standard InChI is InChI=1S/C20H26N2O3S2/c1-5-17(26-12(2)20(3,4)24)27(25)22-19(23)21-18-15-8-6-7-13(15)11-14-9-10-16(14)18/h5,11,24,27H,2,6-10H2,1,3-4H3,(H,21,23)/b17-5+. The molecule has 27 heavy (non-hydrogen) atoms. The van der Waals surface area contributed by atoms with E-state index in [4.69, 9.17) is 0 Å². The van der Waals surface area contributed by atoms with Crippen LogP contribution in [0.25, 0.3) is 0 Å². The maximum absolute atomic E-state index is 12.5. The van der Waals surface area contributed by atoms with Crippen LogP contribution in [0.3, 0.4) is 0 Å². The van der Waals surface area contributed by atoms with E-state index in [0.717, 1.165) is 49.6 Å². The van der Waals surface area contributed by atoms with Gasteiger partial charge in [0.2, 0.25) is 0 Å². The van der Waals surface area contributed by atoms with E-state index in [-0.39, 0.29) is 0 Å². The monoisotopic (exact) mass is 406 g/mol. The molecule has 146 valence electrons.